The summed E-state index contributed by atoms with van der Waals surface area (Å²) in [6.07, 6.45) is 0. The number of ether oxygens (including phenoxy) is 1. The molecule has 70 valence electrons. The molecule has 2 N–H and O–H groups in total. The molecule has 1 rings (SSSR count). The van der Waals surface area contributed by atoms with Crippen LogP contribution in [0.25, 0.3) is 0 Å². The van der Waals surface area contributed by atoms with Crippen LogP contribution < -0.4 is 0 Å². The van der Waals surface area contributed by atoms with Crippen molar-refractivity contribution in [2.45, 2.75) is 0 Å². The van der Waals surface area contributed by atoms with E-state index in [4.69, 9.17) is 0 Å². The average Bonchev–Trinajstić information content (AvgIpc) is 2.13. The van der Waals surface area contributed by atoms with E-state index in [0.29, 0.717) is 3.57 Å². The molecule has 1 aromatic carbocycles. The molecule has 0 spiro atoms. The standard InChI is InChI=1S/C8H7IO4/c1-13-8(12)4-2-3-5(9)7(11)6(4)10/h2-3,10-11H,1H3. The van der Waals surface area contributed by atoms with E-state index in [1.807, 2.05) is 22.6 Å². The van der Waals surface area contributed by atoms with Gasteiger partial charge < -0.3 is 14.9 Å². The molecule has 4 nitrogen and oxygen atoms in total. The van der Waals surface area contributed by atoms with Crippen LogP contribution in [0.4, 0.5) is 0 Å². The van der Waals surface area contributed by atoms with Gasteiger partial charge in [-0.15, -0.1) is 0 Å². The minimum absolute atomic E-state index is 0.0413. The lowest BCUT2D eigenvalue weighted by Gasteiger charge is -2.05. The molecular formula is C8H7IO4. The van der Waals surface area contributed by atoms with E-state index in [9.17, 15) is 15.0 Å². The van der Waals surface area contributed by atoms with Crippen LogP contribution >= 0.6 is 22.6 Å². The SMILES string of the molecule is COC(=O)c1ccc(I)c(O)c1O. The van der Waals surface area contributed by atoms with E-state index in [-0.39, 0.29) is 11.3 Å². The van der Waals surface area contributed by atoms with Gasteiger partial charge in [-0.2, -0.15) is 0 Å². The lowest BCUT2D eigenvalue weighted by atomic mass is 10.2. The monoisotopic (exact) mass is 294 g/mol. The van der Waals surface area contributed by atoms with Gasteiger partial charge in [0.1, 0.15) is 5.56 Å². The molecule has 0 aliphatic carbocycles. The predicted molar refractivity (Wildman–Crippen MR) is 53.8 cm³/mol. The average molecular weight is 294 g/mol. The number of benzene rings is 1. The van der Waals surface area contributed by atoms with Gasteiger partial charge in [0.25, 0.3) is 0 Å². The number of carbonyl (C=O) groups is 1. The highest BCUT2D eigenvalue weighted by molar-refractivity contribution is 14.1. The highest BCUT2D eigenvalue weighted by atomic mass is 127. The van der Waals surface area contributed by atoms with E-state index in [2.05, 4.69) is 4.74 Å². The molecule has 0 bridgehead atoms. The third kappa shape index (κ3) is 1.85. The molecule has 0 atom stereocenters. The number of methoxy groups -OCH3 is 1. The number of phenolic OH excluding ortho intramolecular Hbond substituents is 2. The van der Waals surface area contributed by atoms with E-state index in [0.717, 1.165) is 0 Å². The van der Waals surface area contributed by atoms with Crippen LogP contribution in [0.2, 0.25) is 0 Å². The highest BCUT2D eigenvalue weighted by Gasteiger charge is 2.16. The molecule has 0 heterocycles. The third-order valence-corrected chi connectivity index (χ3v) is 2.38. The van der Waals surface area contributed by atoms with Crippen LogP contribution in [-0.2, 0) is 4.74 Å². The fourth-order valence-corrected chi connectivity index (χ4v) is 1.26. The first-order valence-electron chi connectivity index (χ1n) is 3.36. The molecule has 0 unspecified atom stereocenters. The zero-order valence-electron chi connectivity index (χ0n) is 6.74. The van der Waals surface area contributed by atoms with Crippen molar-refractivity contribution in [3.8, 4) is 11.5 Å². The lowest BCUT2D eigenvalue weighted by molar-refractivity contribution is 0.0596. The summed E-state index contributed by atoms with van der Waals surface area (Å²) in [5.74, 6) is -1.42. The first-order chi connectivity index (χ1) is 6.07. The Bertz CT molecular complexity index is 348. The highest BCUT2D eigenvalue weighted by Crippen LogP contribution is 2.33. The van der Waals surface area contributed by atoms with Crippen LogP contribution in [-0.4, -0.2) is 23.3 Å². The molecule has 0 amide bonds. The molecule has 0 aliphatic rings. The van der Waals surface area contributed by atoms with Crippen molar-refractivity contribution in [3.05, 3.63) is 21.3 Å². The van der Waals surface area contributed by atoms with Crippen LogP contribution in [0.3, 0.4) is 0 Å². The first kappa shape index (κ1) is 10.1. The zero-order valence-corrected chi connectivity index (χ0v) is 8.90. The number of esters is 1. The number of aromatic hydroxyl groups is 2. The molecule has 1 aromatic rings. The second kappa shape index (κ2) is 3.82. The predicted octanol–water partition coefficient (Wildman–Crippen LogP) is 1.49. The van der Waals surface area contributed by atoms with Crippen LogP contribution in [0, 0.1) is 3.57 Å². The Morgan fingerprint density at radius 3 is 2.54 bits per heavy atom. The Morgan fingerprint density at radius 2 is 2.00 bits per heavy atom. The van der Waals surface area contributed by atoms with Gasteiger partial charge in [0, 0.05) is 0 Å². The largest absolute Gasteiger partial charge is 0.504 e. The summed E-state index contributed by atoms with van der Waals surface area (Å²) in [4.78, 5) is 11.0. The molecule has 0 fully saturated rings. The third-order valence-electron chi connectivity index (χ3n) is 1.51. The maximum atomic E-state index is 11.0. The summed E-state index contributed by atoms with van der Waals surface area (Å²) in [7, 11) is 1.21. The second-order valence-corrected chi connectivity index (χ2v) is 3.45. The maximum Gasteiger partial charge on any atom is 0.341 e. The maximum absolute atomic E-state index is 11.0. The summed E-state index contributed by atoms with van der Waals surface area (Å²) in [5, 5.41) is 18.6. The number of hydrogen-bond donors (Lipinski definition) is 2. The van der Waals surface area contributed by atoms with Crippen LogP contribution in [0.5, 0.6) is 11.5 Å². The van der Waals surface area contributed by atoms with Crippen molar-refractivity contribution in [2.75, 3.05) is 7.11 Å². The Morgan fingerprint density at radius 1 is 1.38 bits per heavy atom. The molecule has 13 heavy (non-hydrogen) atoms. The van der Waals surface area contributed by atoms with Gasteiger partial charge in [0.2, 0.25) is 0 Å². The minimum Gasteiger partial charge on any atom is -0.504 e. The number of rotatable bonds is 1. The van der Waals surface area contributed by atoms with E-state index in [1.54, 1.807) is 0 Å². The number of halogens is 1. The fraction of sp³-hybridized carbons (Fsp3) is 0.125. The van der Waals surface area contributed by atoms with E-state index >= 15 is 0 Å². The molecular weight excluding hydrogens is 287 g/mol. The van der Waals surface area contributed by atoms with Crippen molar-refractivity contribution in [2.24, 2.45) is 0 Å². The summed E-state index contributed by atoms with van der Waals surface area (Å²) < 4.78 is 4.87. The minimum atomic E-state index is -0.677. The van der Waals surface area contributed by atoms with Gasteiger partial charge in [-0.05, 0) is 34.7 Å². The summed E-state index contributed by atoms with van der Waals surface area (Å²) in [6.45, 7) is 0. The molecule has 0 saturated carbocycles. The quantitative estimate of drug-likeness (QED) is 0.468. The summed E-state index contributed by atoms with van der Waals surface area (Å²) in [5.41, 5.74) is -0.0413. The molecule has 5 heteroatoms. The van der Waals surface area contributed by atoms with Crippen molar-refractivity contribution in [1.82, 2.24) is 0 Å². The smallest absolute Gasteiger partial charge is 0.341 e. The first-order valence-corrected chi connectivity index (χ1v) is 4.44. The fourth-order valence-electron chi connectivity index (χ4n) is 0.830. The molecule has 0 aliphatic heterocycles. The lowest BCUT2D eigenvalue weighted by Crippen LogP contribution is -2.01. The van der Waals surface area contributed by atoms with Crippen LogP contribution in [0.1, 0.15) is 10.4 Å². The van der Waals surface area contributed by atoms with Crippen molar-refractivity contribution in [3.63, 3.8) is 0 Å². The molecule has 0 saturated heterocycles. The molecule has 0 aromatic heterocycles. The van der Waals surface area contributed by atoms with Gasteiger partial charge in [0.15, 0.2) is 11.5 Å². The number of phenols is 2. The molecule has 0 radical (unpaired) electrons. The van der Waals surface area contributed by atoms with Crippen molar-refractivity contribution < 1.29 is 19.7 Å². The summed E-state index contributed by atoms with van der Waals surface area (Å²) >= 11 is 1.84. The van der Waals surface area contributed by atoms with Gasteiger partial charge in [-0.3, -0.25) is 0 Å². The van der Waals surface area contributed by atoms with Crippen LogP contribution in [0.15, 0.2) is 12.1 Å². The van der Waals surface area contributed by atoms with E-state index in [1.165, 1.54) is 19.2 Å². The topological polar surface area (TPSA) is 66.8 Å². The Hall–Kier alpha value is -0.980. The van der Waals surface area contributed by atoms with Crippen molar-refractivity contribution in [1.29, 1.82) is 0 Å². The normalized spacial score (nSPS) is 9.69. The van der Waals surface area contributed by atoms with Gasteiger partial charge >= 0.3 is 5.97 Å². The zero-order chi connectivity index (χ0) is 10.0. The second-order valence-electron chi connectivity index (χ2n) is 2.28. The van der Waals surface area contributed by atoms with E-state index < -0.39 is 11.7 Å². The van der Waals surface area contributed by atoms with Crippen molar-refractivity contribution >= 4 is 28.6 Å². The Kier molecular flexibility index (Phi) is 2.97. The van der Waals surface area contributed by atoms with Gasteiger partial charge in [0.05, 0.1) is 10.7 Å². The Labute approximate surface area is 88.3 Å². The van der Waals surface area contributed by atoms with Gasteiger partial charge in [-0.1, -0.05) is 0 Å². The summed E-state index contributed by atoms with van der Waals surface area (Å²) in [6, 6.07) is 2.91. The van der Waals surface area contributed by atoms with Gasteiger partial charge in [-0.25, -0.2) is 4.79 Å². The number of hydrogen-bond acceptors (Lipinski definition) is 4. The Balaban J connectivity index is 3.26. The number of carbonyl (C=O) groups excluding carboxylic acids is 1.